The molecule has 4 heteroatoms. The third kappa shape index (κ3) is 6050. The second-order valence-corrected chi connectivity index (χ2v) is 0.577. The normalized spacial score (nSPS) is 7.00. The summed E-state index contributed by atoms with van der Waals surface area (Å²) < 4.78 is 29.7. The van der Waals surface area contributed by atoms with Gasteiger partial charge in [0.1, 0.15) is 0 Å². The maximum absolute atomic E-state index is 10.1. The highest BCUT2D eigenvalue weighted by molar-refractivity contribution is 6.18. The van der Waals surface area contributed by atoms with Crippen molar-refractivity contribution in [3.63, 3.8) is 0 Å². The Bertz CT molecular complexity index is 13.5. The smallest absolute Gasteiger partial charge is 0.255 e. The van der Waals surface area contributed by atoms with Crippen LogP contribution in [0.3, 0.4) is 0 Å². The Hall–Kier alpha value is 0.0800. The van der Waals surface area contributed by atoms with Crippen molar-refractivity contribution in [1.82, 2.24) is 0 Å². The number of rotatable bonds is 0. The van der Waals surface area contributed by atoms with E-state index in [1.54, 1.807) is 0 Å². The van der Waals surface area contributed by atoms with Crippen molar-refractivity contribution >= 4 is 11.6 Å². The lowest BCUT2D eigenvalue weighted by atomic mass is 11.7. The van der Waals surface area contributed by atoms with E-state index in [4.69, 9.17) is 0 Å². The minimum Gasteiger partial charge on any atom is -0.255 e. The quantitative estimate of drug-likeness (QED) is 0.429. The minimum atomic E-state index is -2.69. The van der Waals surface area contributed by atoms with Crippen molar-refractivity contribution in [2.75, 3.05) is 7.18 Å². The third-order valence-electron chi connectivity index (χ3n) is 0. The van der Waals surface area contributed by atoms with Crippen LogP contribution in [0.15, 0.2) is 0 Å². The molecule has 0 aromatic heterocycles. The first-order valence-corrected chi connectivity index (χ1v) is 1.47. The van der Waals surface area contributed by atoms with Crippen LogP contribution in [0.1, 0.15) is 0 Å². The third-order valence-corrected chi connectivity index (χ3v) is 0. The van der Waals surface area contributed by atoms with Crippen LogP contribution in [0.4, 0.5) is 13.2 Å². The van der Waals surface area contributed by atoms with Gasteiger partial charge in [0, 0.05) is 0 Å². The largest absolute Gasteiger partial charge is 0.312 e. The Morgan fingerprint density at radius 1 is 1.33 bits per heavy atom. The molecule has 0 aliphatic heterocycles. The minimum absolute atomic E-state index is 0.500. The zero-order chi connectivity index (χ0) is 5.58. The molecule has 0 aliphatic rings. The van der Waals surface area contributed by atoms with E-state index in [0.29, 0.717) is 7.18 Å². The predicted octanol–water partition coefficient (Wildman–Crippen LogP) is 2.03. The number of alkyl halides is 4. The second-order valence-electron chi connectivity index (χ2n) is 0.247. The summed E-state index contributed by atoms with van der Waals surface area (Å²) in [5, 5.41) is 0. The molecule has 0 aromatic rings. The first kappa shape index (κ1) is 9.43. The van der Waals surface area contributed by atoms with Gasteiger partial charge in [-0.1, -0.05) is 11.6 Å². The van der Waals surface area contributed by atoms with Crippen LogP contribution in [0.25, 0.3) is 0 Å². The highest BCUT2D eigenvalue weighted by Crippen LogP contribution is 1.93. The van der Waals surface area contributed by atoms with E-state index in [9.17, 15) is 13.2 Å². The molecule has 0 nitrogen and oxygen atoms in total. The zero-order valence-corrected chi connectivity index (χ0v) is 3.85. The summed E-state index contributed by atoms with van der Waals surface area (Å²) in [7, 11) is 0.500. The van der Waals surface area contributed by atoms with E-state index in [1.165, 1.54) is 0 Å². The maximum Gasteiger partial charge on any atom is 0.312 e. The van der Waals surface area contributed by atoms with E-state index in [-0.39, 0.29) is 0 Å². The summed E-state index contributed by atoms with van der Waals surface area (Å²) in [6.45, 7) is 0. The van der Waals surface area contributed by atoms with Crippen LogP contribution >= 0.6 is 11.6 Å². The summed E-state index contributed by atoms with van der Waals surface area (Å²) in [5.74, 6) is -2.69. The Kier molecular flexibility index (Phi) is 14.0. The van der Waals surface area contributed by atoms with Gasteiger partial charge in [-0.3, -0.25) is 4.39 Å². The summed E-state index contributed by atoms with van der Waals surface area (Å²) in [4.78, 5) is 0. The summed E-state index contributed by atoms with van der Waals surface area (Å²) in [6.07, 6.45) is 0. The molecule has 0 aliphatic carbocycles. The van der Waals surface area contributed by atoms with Gasteiger partial charge in [0.2, 0.25) is 0 Å². The van der Waals surface area contributed by atoms with Crippen molar-refractivity contribution in [2.24, 2.45) is 0 Å². The molecule has 0 aromatic carbocycles. The van der Waals surface area contributed by atoms with Crippen LogP contribution in [0, 0.1) is 0 Å². The van der Waals surface area contributed by atoms with Gasteiger partial charge in [0.25, 0.3) is 0 Å². The highest BCUT2D eigenvalue weighted by Gasteiger charge is 1.83. The van der Waals surface area contributed by atoms with Gasteiger partial charge in [0.15, 0.2) is 0 Å². The molecule has 0 saturated heterocycles. The molecule has 6 heavy (non-hydrogen) atoms. The molecule has 0 unspecified atom stereocenters. The lowest BCUT2D eigenvalue weighted by Crippen LogP contribution is -1.62. The molecule has 0 spiro atoms. The molecular formula is C2H4ClF3. The van der Waals surface area contributed by atoms with Gasteiger partial charge in [-0.05, 0) is 0 Å². The van der Waals surface area contributed by atoms with Gasteiger partial charge in [-0.25, -0.2) is 0 Å². The fourth-order valence-electron chi connectivity index (χ4n) is 0. The fraction of sp³-hybridized carbons (Fsp3) is 1.00. The summed E-state index contributed by atoms with van der Waals surface area (Å²) in [6, 6.07) is 0. The molecule has 0 amide bonds. The van der Waals surface area contributed by atoms with Crippen LogP contribution in [0.5, 0.6) is 0 Å². The molecule has 40 valence electrons. The first-order valence-electron chi connectivity index (χ1n) is 1.03. The average molecular weight is 121 g/mol. The van der Waals surface area contributed by atoms with Crippen molar-refractivity contribution in [3.05, 3.63) is 0 Å². The first-order chi connectivity index (χ1) is 2.73. The van der Waals surface area contributed by atoms with Crippen molar-refractivity contribution in [3.8, 4) is 0 Å². The standard InChI is InChI=1S/CHClF2.CH3F/c2-1(3)4;1-2/h1H;1H3. The molecule has 0 bridgehead atoms. The highest BCUT2D eigenvalue weighted by atomic mass is 35.5. The summed E-state index contributed by atoms with van der Waals surface area (Å²) >= 11 is 3.94. The molecule has 0 radical (unpaired) electrons. The van der Waals surface area contributed by atoms with E-state index in [2.05, 4.69) is 11.6 Å². The van der Waals surface area contributed by atoms with E-state index in [1.807, 2.05) is 0 Å². The second kappa shape index (κ2) is 8.91. The summed E-state index contributed by atoms with van der Waals surface area (Å²) in [5.41, 5.74) is 0. The SMILES string of the molecule is CF.FC(F)Cl. The molecule has 0 saturated carbocycles. The molecule has 0 fully saturated rings. The Morgan fingerprint density at radius 2 is 1.33 bits per heavy atom. The zero-order valence-electron chi connectivity index (χ0n) is 3.09. The molecule has 0 heterocycles. The van der Waals surface area contributed by atoms with Crippen LogP contribution in [0.2, 0.25) is 0 Å². The lowest BCUT2D eigenvalue weighted by molar-refractivity contribution is 0.243. The van der Waals surface area contributed by atoms with Crippen molar-refractivity contribution in [1.29, 1.82) is 0 Å². The monoisotopic (exact) mass is 120 g/mol. The van der Waals surface area contributed by atoms with Gasteiger partial charge in [-0.15, -0.1) is 0 Å². The van der Waals surface area contributed by atoms with Crippen molar-refractivity contribution in [2.45, 2.75) is 5.88 Å². The number of hydrogen-bond acceptors (Lipinski definition) is 0. The Balaban J connectivity index is 0. The van der Waals surface area contributed by atoms with Gasteiger partial charge < -0.3 is 0 Å². The Labute approximate surface area is 38.9 Å². The topological polar surface area (TPSA) is 0 Å². The van der Waals surface area contributed by atoms with Gasteiger partial charge in [0.05, 0.1) is 7.18 Å². The van der Waals surface area contributed by atoms with E-state index in [0.717, 1.165) is 0 Å². The predicted molar refractivity (Wildman–Crippen MR) is 18.9 cm³/mol. The van der Waals surface area contributed by atoms with Crippen LogP contribution < -0.4 is 0 Å². The van der Waals surface area contributed by atoms with Gasteiger partial charge in [-0.2, -0.15) is 8.78 Å². The van der Waals surface area contributed by atoms with Crippen LogP contribution in [-0.4, -0.2) is 13.1 Å². The van der Waals surface area contributed by atoms with E-state index >= 15 is 0 Å². The van der Waals surface area contributed by atoms with Crippen LogP contribution in [-0.2, 0) is 0 Å². The molecule has 0 rings (SSSR count). The van der Waals surface area contributed by atoms with Crippen molar-refractivity contribution < 1.29 is 13.2 Å². The molecular weight excluding hydrogens is 116 g/mol. The fourth-order valence-corrected chi connectivity index (χ4v) is 0. The average Bonchev–Trinajstić information content (AvgIpc) is 1.41. The Morgan fingerprint density at radius 3 is 1.33 bits per heavy atom. The molecule has 0 N–H and O–H groups in total. The van der Waals surface area contributed by atoms with Gasteiger partial charge >= 0.3 is 5.88 Å². The number of halogens is 4. The maximum atomic E-state index is 10.1. The molecule has 0 atom stereocenters. The lowest BCUT2D eigenvalue weighted by Gasteiger charge is -1.66. The number of hydrogen-bond donors (Lipinski definition) is 0. The van der Waals surface area contributed by atoms with E-state index < -0.39 is 5.88 Å².